The molecule has 1 aliphatic carbocycles. The van der Waals surface area contributed by atoms with Gasteiger partial charge in [0.1, 0.15) is 5.69 Å². The molecule has 2 unspecified atom stereocenters. The highest BCUT2D eigenvalue weighted by Gasteiger charge is 2.31. The normalized spacial score (nSPS) is 24.1. The lowest BCUT2D eigenvalue weighted by atomic mass is 10.1. The van der Waals surface area contributed by atoms with Crippen LogP contribution in [0.2, 0.25) is 0 Å². The molecule has 1 aromatic rings. The second-order valence-electron chi connectivity index (χ2n) is 4.76. The predicted octanol–water partition coefficient (Wildman–Crippen LogP) is 2.43. The number of aryl methyl sites for hydroxylation is 1. The fourth-order valence-electron chi connectivity index (χ4n) is 2.70. The van der Waals surface area contributed by atoms with Crippen molar-refractivity contribution in [3.8, 4) is 0 Å². The molecule has 94 valence electrons. The number of rotatable bonds is 3. The molecule has 0 aliphatic heterocycles. The van der Waals surface area contributed by atoms with Crippen molar-refractivity contribution in [3.63, 3.8) is 0 Å². The Hall–Kier alpha value is -1.59. The maximum absolute atomic E-state index is 10.9. The molecule has 2 rings (SSSR count). The van der Waals surface area contributed by atoms with Crippen LogP contribution in [-0.2, 0) is 0 Å². The maximum atomic E-state index is 10.9. The van der Waals surface area contributed by atoms with Gasteiger partial charge in [0.25, 0.3) is 0 Å². The number of hydrogen-bond acceptors (Lipinski definition) is 4. The van der Waals surface area contributed by atoms with Crippen molar-refractivity contribution in [2.75, 3.05) is 5.73 Å². The number of aromatic nitrogens is 2. The molecule has 1 heterocycles. The zero-order valence-electron chi connectivity index (χ0n) is 10.2. The Morgan fingerprint density at radius 2 is 2.29 bits per heavy atom. The molecule has 6 heteroatoms. The lowest BCUT2D eigenvalue weighted by Gasteiger charge is -2.11. The van der Waals surface area contributed by atoms with Crippen LogP contribution in [-0.4, -0.2) is 14.7 Å². The lowest BCUT2D eigenvalue weighted by molar-refractivity contribution is -0.384. The highest BCUT2D eigenvalue weighted by Crippen LogP contribution is 2.39. The van der Waals surface area contributed by atoms with Gasteiger partial charge in [0.15, 0.2) is 0 Å². The SMILES string of the molecule is CCC1CCC(n2nc(C)c([N+](=O)[O-])c2N)C1. The van der Waals surface area contributed by atoms with Gasteiger partial charge in [-0.1, -0.05) is 13.3 Å². The number of anilines is 1. The van der Waals surface area contributed by atoms with Crippen molar-refractivity contribution in [1.82, 2.24) is 9.78 Å². The van der Waals surface area contributed by atoms with E-state index in [0.29, 0.717) is 11.6 Å². The van der Waals surface area contributed by atoms with E-state index in [-0.39, 0.29) is 17.5 Å². The summed E-state index contributed by atoms with van der Waals surface area (Å²) < 4.78 is 1.66. The molecule has 1 aromatic heterocycles. The summed E-state index contributed by atoms with van der Waals surface area (Å²) in [5, 5.41) is 15.1. The smallest absolute Gasteiger partial charge is 0.333 e. The highest BCUT2D eigenvalue weighted by atomic mass is 16.6. The van der Waals surface area contributed by atoms with Gasteiger partial charge in [-0.2, -0.15) is 5.10 Å². The maximum Gasteiger partial charge on any atom is 0.333 e. The summed E-state index contributed by atoms with van der Waals surface area (Å²) in [6, 6.07) is 0.229. The Balaban J connectivity index is 2.28. The van der Waals surface area contributed by atoms with Gasteiger partial charge in [-0.15, -0.1) is 0 Å². The minimum absolute atomic E-state index is 0.0371. The number of nitrogens with two attached hydrogens (primary N) is 1. The van der Waals surface area contributed by atoms with Crippen molar-refractivity contribution in [1.29, 1.82) is 0 Å². The molecule has 1 fully saturated rings. The van der Waals surface area contributed by atoms with Crippen LogP contribution in [0, 0.1) is 23.0 Å². The first-order chi connectivity index (χ1) is 8.04. The van der Waals surface area contributed by atoms with Gasteiger partial charge in [0.2, 0.25) is 5.82 Å². The van der Waals surface area contributed by atoms with Crippen LogP contribution in [0.5, 0.6) is 0 Å². The van der Waals surface area contributed by atoms with E-state index in [1.807, 2.05) is 0 Å². The Morgan fingerprint density at radius 1 is 1.59 bits per heavy atom. The van der Waals surface area contributed by atoms with Crippen LogP contribution in [0.1, 0.15) is 44.3 Å². The van der Waals surface area contributed by atoms with E-state index >= 15 is 0 Å². The van der Waals surface area contributed by atoms with E-state index in [1.54, 1.807) is 11.6 Å². The van der Waals surface area contributed by atoms with Crippen LogP contribution in [0.4, 0.5) is 11.5 Å². The predicted molar refractivity (Wildman–Crippen MR) is 64.7 cm³/mol. The van der Waals surface area contributed by atoms with Gasteiger partial charge in [-0.05, 0) is 32.1 Å². The number of nitrogens with zero attached hydrogens (tertiary/aromatic N) is 3. The molecular formula is C11H18N4O2. The number of nitro groups is 1. The molecule has 0 bridgehead atoms. The van der Waals surface area contributed by atoms with E-state index in [4.69, 9.17) is 5.73 Å². The summed E-state index contributed by atoms with van der Waals surface area (Å²) in [7, 11) is 0. The summed E-state index contributed by atoms with van der Waals surface area (Å²) in [5.74, 6) is 0.900. The van der Waals surface area contributed by atoms with Crippen molar-refractivity contribution in [2.45, 2.75) is 45.6 Å². The Kier molecular flexibility index (Phi) is 3.04. The minimum atomic E-state index is -0.444. The van der Waals surface area contributed by atoms with Crippen molar-refractivity contribution < 1.29 is 4.92 Å². The second kappa shape index (κ2) is 4.35. The third kappa shape index (κ3) is 1.99. The third-order valence-corrected chi connectivity index (χ3v) is 3.71. The molecule has 1 saturated carbocycles. The van der Waals surface area contributed by atoms with Gasteiger partial charge >= 0.3 is 5.69 Å². The minimum Gasteiger partial charge on any atom is -0.378 e. The molecule has 0 aromatic carbocycles. The summed E-state index contributed by atoms with van der Waals surface area (Å²) in [5.41, 5.74) is 6.20. The molecule has 6 nitrogen and oxygen atoms in total. The summed E-state index contributed by atoms with van der Waals surface area (Å²) >= 11 is 0. The van der Waals surface area contributed by atoms with E-state index < -0.39 is 4.92 Å². The number of nitrogen functional groups attached to an aromatic ring is 1. The first-order valence-electron chi connectivity index (χ1n) is 6.03. The topological polar surface area (TPSA) is 87.0 Å². The van der Waals surface area contributed by atoms with Crippen LogP contribution >= 0.6 is 0 Å². The first-order valence-corrected chi connectivity index (χ1v) is 6.03. The quantitative estimate of drug-likeness (QED) is 0.647. The highest BCUT2D eigenvalue weighted by molar-refractivity contribution is 5.56. The van der Waals surface area contributed by atoms with Crippen LogP contribution in [0.25, 0.3) is 0 Å². The summed E-state index contributed by atoms with van der Waals surface area (Å²) in [4.78, 5) is 10.4. The standard InChI is InChI=1S/C11H18N4O2/c1-3-8-4-5-9(6-8)14-11(12)10(15(16)17)7(2)13-14/h8-9H,3-6,12H2,1-2H3. The Bertz CT molecular complexity index is 441. The largest absolute Gasteiger partial charge is 0.378 e. The molecule has 0 saturated heterocycles. The fourth-order valence-corrected chi connectivity index (χ4v) is 2.70. The zero-order valence-corrected chi connectivity index (χ0v) is 10.2. The Morgan fingerprint density at radius 3 is 2.76 bits per heavy atom. The van der Waals surface area contributed by atoms with Crippen LogP contribution in [0.15, 0.2) is 0 Å². The summed E-state index contributed by atoms with van der Waals surface area (Å²) in [6.07, 6.45) is 4.35. The monoisotopic (exact) mass is 238 g/mol. The average Bonchev–Trinajstić information content (AvgIpc) is 2.82. The lowest BCUT2D eigenvalue weighted by Crippen LogP contribution is -2.11. The molecule has 17 heavy (non-hydrogen) atoms. The molecule has 0 spiro atoms. The van der Waals surface area contributed by atoms with E-state index in [0.717, 1.165) is 25.7 Å². The Labute approximate surface area is 99.9 Å². The third-order valence-electron chi connectivity index (χ3n) is 3.71. The number of hydrogen-bond donors (Lipinski definition) is 1. The van der Waals surface area contributed by atoms with Crippen molar-refractivity contribution in [3.05, 3.63) is 15.8 Å². The average molecular weight is 238 g/mol. The van der Waals surface area contributed by atoms with E-state index in [1.165, 1.54) is 0 Å². The molecule has 1 aliphatic rings. The van der Waals surface area contributed by atoms with Crippen LogP contribution in [0.3, 0.4) is 0 Å². The summed E-state index contributed by atoms with van der Waals surface area (Å²) in [6.45, 7) is 3.81. The van der Waals surface area contributed by atoms with Gasteiger partial charge in [-0.3, -0.25) is 10.1 Å². The molecule has 2 N–H and O–H groups in total. The molecule has 0 radical (unpaired) electrons. The van der Waals surface area contributed by atoms with Crippen LogP contribution < -0.4 is 5.73 Å². The van der Waals surface area contributed by atoms with Gasteiger partial charge in [-0.25, -0.2) is 4.68 Å². The van der Waals surface area contributed by atoms with Crippen molar-refractivity contribution in [2.24, 2.45) is 5.92 Å². The second-order valence-corrected chi connectivity index (χ2v) is 4.76. The molecular weight excluding hydrogens is 220 g/mol. The van der Waals surface area contributed by atoms with E-state index in [9.17, 15) is 10.1 Å². The van der Waals surface area contributed by atoms with Gasteiger partial charge in [0, 0.05) is 0 Å². The first kappa shape index (κ1) is 11.9. The molecule has 2 atom stereocenters. The fraction of sp³-hybridized carbons (Fsp3) is 0.727. The van der Waals surface area contributed by atoms with Crippen molar-refractivity contribution >= 4 is 11.5 Å². The molecule has 0 amide bonds. The van der Waals surface area contributed by atoms with Gasteiger partial charge < -0.3 is 5.73 Å². The zero-order chi connectivity index (χ0) is 12.6. The van der Waals surface area contributed by atoms with Gasteiger partial charge in [0.05, 0.1) is 11.0 Å². The van der Waals surface area contributed by atoms with E-state index in [2.05, 4.69) is 12.0 Å².